The SMILES string of the molecule is O=C(CCc1ccccc1)NCC1CCOc2ccccc21. The molecule has 2 aromatic carbocycles. The summed E-state index contributed by atoms with van der Waals surface area (Å²) in [5.41, 5.74) is 2.41. The van der Waals surface area contributed by atoms with E-state index in [1.165, 1.54) is 11.1 Å². The molecule has 1 amide bonds. The molecule has 0 bridgehead atoms. The Hall–Kier alpha value is -2.29. The van der Waals surface area contributed by atoms with E-state index in [0.29, 0.717) is 18.9 Å². The summed E-state index contributed by atoms with van der Waals surface area (Å²) in [5, 5.41) is 3.07. The molecule has 114 valence electrons. The van der Waals surface area contributed by atoms with Gasteiger partial charge < -0.3 is 10.1 Å². The zero-order chi connectivity index (χ0) is 15.2. The van der Waals surface area contributed by atoms with Crippen LogP contribution in [-0.4, -0.2) is 19.1 Å². The van der Waals surface area contributed by atoms with Crippen molar-refractivity contribution in [3.8, 4) is 5.75 Å². The lowest BCUT2D eigenvalue weighted by molar-refractivity contribution is -0.121. The van der Waals surface area contributed by atoms with Gasteiger partial charge in [0.2, 0.25) is 5.91 Å². The summed E-state index contributed by atoms with van der Waals surface area (Å²) in [6.07, 6.45) is 2.28. The molecule has 0 radical (unpaired) electrons. The molecule has 0 aromatic heterocycles. The number of nitrogens with one attached hydrogen (secondary N) is 1. The number of para-hydroxylation sites is 1. The molecule has 1 unspecified atom stereocenters. The first-order valence-electron chi connectivity index (χ1n) is 7.85. The summed E-state index contributed by atoms with van der Waals surface area (Å²) in [6.45, 7) is 1.41. The van der Waals surface area contributed by atoms with E-state index in [1.54, 1.807) is 0 Å². The highest BCUT2D eigenvalue weighted by Gasteiger charge is 2.21. The molecule has 0 saturated carbocycles. The molecule has 2 aromatic rings. The van der Waals surface area contributed by atoms with Gasteiger partial charge in [-0.05, 0) is 30.0 Å². The Labute approximate surface area is 131 Å². The first-order valence-corrected chi connectivity index (χ1v) is 7.85. The van der Waals surface area contributed by atoms with Crippen molar-refractivity contribution in [2.75, 3.05) is 13.2 Å². The van der Waals surface area contributed by atoms with E-state index in [-0.39, 0.29) is 5.91 Å². The number of benzene rings is 2. The Bertz CT molecular complexity index is 624. The van der Waals surface area contributed by atoms with Crippen molar-refractivity contribution in [2.24, 2.45) is 0 Å². The van der Waals surface area contributed by atoms with Crippen molar-refractivity contribution in [3.05, 3.63) is 65.7 Å². The smallest absolute Gasteiger partial charge is 0.220 e. The average molecular weight is 295 g/mol. The van der Waals surface area contributed by atoms with Gasteiger partial charge in [-0.3, -0.25) is 4.79 Å². The first-order chi connectivity index (χ1) is 10.8. The monoisotopic (exact) mass is 295 g/mol. The lowest BCUT2D eigenvalue weighted by Gasteiger charge is -2.26. The van der Waals surface area contributed by atoms with Gasteiger partial charge in [0.15, 0.2) is 0 Å². The van der Waals surface area contributed by atoms with Crippen LogP contribution in [0.1, 0.15) is 29.9 Å². The van der Waals surface area contributed by atoms with Gasteiger partial charge in [0, 0.05) is 18.9 Å². The largest absolute Gasteiger partial charge is 0.493 e. The second-order valence-corrected chi connectivity index (χ2v) is 5.66. The zero-order valence-electron chi connectivity index (χ0n) is 12.6. The lowest BCUT2D eigenvalue weighted by Crippen LogP contribution is -2.30. The first kappa shape index (κ1) is 14.6. The van der Waals surface area contributed by atoms with Gasteiger partial charge in [0.1, 0.15) is 5.75 Å². The highest BCUT2D eigenvalue weighted by atomic mass is 16.5. The minimum absolute atomic E-state index is 0.118. The molecule has 0 aliphatic carbocycles. The summed E-state index contributed by atoms with van der Waals surface area (Å²) in [7, 11) is 0. The minimum atomic E-state index is 0.118. The van der Waals surface area contributed by atoms with Crippen LogP contribution in [0.3, 0.4) is 0 Å². The fraction of sp³-hybridized carbons (Fsp3) is 0.316. The van der Waals surface area contributed by atoms with E-state index in [9.17, 15) is 4.79 Å². The van der Waals surface area contributed by atoms with Crippen LogP contribution >= 0.6 is 0 Å². The molecule has 22 heavy (non-hydrogen) atoms. The van der Waals surface area contributed by atoms with Crippen molar-refractivity contribution in [2.45, 2.75) is 25.2 Å². The molecule has 3 nitrogen and oxygen atoms in total. The van der Waals surface area contributed by atoms with Crippen molar-refractivity contribution < 1.29 is 9.53 Å². The second-order valence-electron chi connectivity index (χ2n) is 5.66. The van der Waals surface area contributed by atoms with Crippen LogP contribution in [0.4, 0.5) is 0 Å². The summed E-state index contributed by atoms with van der Waals surface area (Å²) in [5.74, 6) is 1.43. The lowest BCUT2D eigenvalue weighted by atomic mass is 9.93. The van der Waals surface area contributed by atoms with Gasteiger partial charge in [-0.2, -0.15) is 0 Å². The third-order valence-corrected chi connectivity index (χ3v) is 4.11. The Morgan fingerprint density at radius 2 is 1.86 bits per heavy atom. The van der Waals surface area contributed by atoms with Crippen LogP contribution in [0.2, 0.25) is 0 Å². The van der Waals surface area contributed by atoms with Crippen molar-refractivity contribution in [1.29, 1.82) is 0 Å². The minimum Gasteiger partial charge on any atom is -0.493 e. The van der Waals surface area contributed by atoms with Crippen LogP contribution < -0.4 is 10.1 Å². The number of amides is 1. The van der Waals surface area contributed by atoms with Crippen LogP contribution in [0.15, 0.2) is 54.6 Å². The van der Waals surface area contributed by atoms with Gasteiger partial charge in [-0.25, -0.2) is 0 Å². The van der Waals surface area contributed by atoms with E-state index in [0.717, 1.165) is 25.2 Å². The summed E-state index contributed by atoms with van der Waals surface area (Å²) >= 11 is 0. The van der Waals surface area contributed by atoms with Crippen LogP contribution in [0.25, 0.3) is 0 Å². The molecule has 3 heteroatoms. The topological polar surface area (TPSA) is 38.3 Å². The third-order valence-electron chi connectivity index (χ3n) is 4.11. The molecule has 1 atom stereocenters. The number of carbonyl (C=O) groups is 1. The molecule has 3 rings (SSSR count). The number of aryl methyl sites for hydroxylation is 1. The highest BCUT2D eigenvalue weighted by molar-refractivity contribution is 5.76. The van der Waals surface area contributed by atoms with Gasteiger partial charge in [-0.1, -0.05) is 48.5 Å². The number of rotatable bonds is 5. The molecular weight excluding hydrogens is 274 g/mol. The Kier molecular flexibility index (Phi) is 4.74. The summed E-state index contributed by atoms with van der Waals surface area (Å²) in [6, 6.07) is 18.2. The quantitative estimate of drug-likeness (QED) is 0.919. The maximum atomic E-state index is 12.0. The van der Waals surface area contributed by atoms with E-state index >= 15 is 0 Å². The number of ether oxygens (including phenoxy) is 1. The molecule has 1 heterocycles. The van der Waals surface area contributed by atoms with Gasteiger partial charge in [0.05, 0.1) is 6.61 Å². The Morgan fingerprint density at radius 1 is 1.09 bits per heavy atom. The van der Waals surface area contributed by atoms with Crippen molar-refractivity contribution in [3.63, 3.8) is 0 Å². The maximum Gasteiger partial charge on any atom is 0.220 e. The standard InChI is InChI=1S/C19H21NO2/c21-19(11-10-15-6-2-1-3-7-15)20-14-16-12-13-22-18-9-5-4-8-17(16)18/h1-9,16H,10-14H2,(H,20,21). The molecule has 0 saturated heterocycles. The van der Waals surface area contributed by atoms with E-state index in [2.05, 4.69) is 23.5 Å². The summed E-state index contributed by atoms with van der Waals surface area (Å²) < 4.78 is 5.65. The zero-order valence-corrected chi connectivity index (χ0v) is 12.6. The predicted octanol–water partition coefficient (Wildman–Crippen LogP) is 3.30. The van der Waals surface area contributed by atoms with E-state index < -0.39 is 0 Å². The van der Waals surface area contributed by atoms with Crippen molar-refractivity contribution in [1.82, 2.24) is 5.32 Å². The van der Waals surface area contributed by atoms with Gasteiger partial charge >= 0.3 is 0 Å². The molecule has 1 aliphatic heterocycles. The van der Waals surface area contributed by atoms with Crippen LogP contribution in [-0.2, 0) is 11.2 Å². The maximum absolute atomic E-state index is 12.0. The highest BCUT2D eigenvalue weighted by Crippen LogP contribution is 2.32. The molecular formula is C19H21NO2. The fourth-order valence-corrected chi connectivity index (χ4v) is 2.86. The fourth-order valence-electron chi connectivity index (χ4n) is 2.86. The number of fused-ring (bicyclic) bond motifs is 1. The van der Waals surface area contributed by atoms with Gasteiger partial charge in [0.25, 0.3) is 0 Å². The molecule has 1 aliphatic rings. The third kappa shape index (κ3) is 3.67. The molecule has 0 spiro atoms. The number of hydrogen-bond donors (Lipinski definition) is 1. The Morgan fingerprint density at radius 3 is 2.73 bits per heavy atom. The van der Waals surface area contributed by atoms with Crippen LogP contribution in [0, 0.1) is 0 Å². The summed E-state index contributed by atoms with van der Waals surface area (Å²) in [4.78, 5) is 12.0. The van der Waals surface area contributed by atoms with Crippen LogP contribution in [0.5, 0.6) is 5.75 Å². The molecule has 0 fully saturated rings. The average Bonchev–Trinajstić information content (AvgIpc) is 2.59. The van der Waals surface area contributed by atoms with E-state index in [4.69, 9.17) is 4.74 Å². The van der Waals surface area contributed by atoms with Crippen molar-refractivity contribution >= 4 is 5.91 Å². The number of hydrogen-bond acceptors (Lipinski definition) is 2. The van der Waals surface area contributed by atoms with E-state index in [1.807, 2.05) is 36.4 Å². The van der Waals surface area contributed by atoms with Gasteiger partial charge in [-0.15, -0.1) is 0 Å². The normalized spacial score (nSPS) is 16.5. The number of carbonyl (C=O) groups excluding carboxylic acids is 1. The Balaban J connectivity index is 1.50. The second kappa shape index (κ2) is 7.12. The molecule has 1 N–H and O–H groups in total. The predicted molar refractivity (Wildman–Crippen MR) is 87.1 cm³/mol.